The third-order valence-corrected chi connectivity index (χ3v) is 3.77. The maximum absolute atomic E-state index is 13.9. The Labute approximate surface area is 121 Å². The molecule has 0 saturated heterocycles. The van der Waals surface area contributed by atoms with Crippen molar-refractivity contribution in [3.05, 3.63) is 63.9 Å². The topological polar surface area (TPSA) is 29.5 Å². The summed E-state index contributed by atoms with van der Waals surface area (Å²) in [6.07, 6.45) is -0.880. The molecule has 0 fully saturated rings. The number of benzene rings is 2. The molecule has 1 aliphatic rings. The van der Waals surface area contributed by atoms with Crippen LogP contribution in [0.3, 0.4) is 0 Å². The molecular formula is C16H14ClFO2. The molecule has 1 aliphatic heterocycles. The number of aryl methyl sites for hydroxylation is 1. The SMILES string of the molecule is Cc1ccc(F)c(C2CC(O)c3cc(Cl)ccc3O2)c1. The summed E-state index contributed by atoms with van der Waals surface area (Å²) < 4.78 is 19.8. The minimum Gasteiger partial charge on any atom is -0.485 e. The number of halogens is 2. The molecule has 2 nitrogen and oxygen atoms in total. The fourth-order valence-corrected chi connectivity index (χ4v) is 2.70. The summed E-state index contributed by atoms with van der Waals surface area (Å²) in [6.45, 7) is 1.90. The molecule has 0 bridgehead atoms. The average Bonchev–Trinajstić information content (AvgIpc) is 2.42. The quantitative estimate of drug-likeness (QED) is 0.847. The number of hydrogen-bond donors (Lipinski definition) is 1. The van der Waals surface area contributed by atoms with Crippen molar-refractivity contribution in [1.29, 1.82) is 0 Å². The Hall–Kier alpha value is -1.58. The predicted molar refractivity (Wildman–Crippen MR) is 75.5 cm³/mol. The van der Waals surface area contributed by atoms with E-state index in [1.54, 1.807) is 30.3 Å². The molecule has 1 N–H and O–H groups in total. The summed E-state index contributed by atoms with van der Waals surface area (Å²) in [5, 5.41) is 10.8. The van der Waals surface area contributed by atoms with Gasteiger partial charge in [0.25, 0.3) is 0 Å². The zero-order valence-corrected chi connectivity index (χ0v) is 11.7. The summed E-state index contributed by atoms with van der Waals surface area (Å²) in [4.78, 5) is 0. The molecule has 20 heavy (non-hydrogen) atoms. The molecule has 0 aromatic heterocycles. The van der Waals surface area contributed by atoms with Gasteiger partial charge in [-0.3, -0.25) is 0 Å². The van der Waals surface area contributed by atoms with Crippen LogP contribution < -0.4 is 4.74 Å². The van der Waals surface area contributed by atoms with E-state index in [0.29, 0.717) is 28.3 Å². The minimum atomic E-state index is -0.706. The van der Waals surface area contributed by atoms with Crippen molar-refractivity contribution in [2.24, 2.45) is 0 Å². The summed E-state index contributed by atoms with van der Waals surface area (Å²) in [7, 11) is 0. The average molecular weight is 293 g/mol. The Morgan fingerprint density at radius 3 is 2.80 bits per heavy atom. The molecule has 0 radical (unpaired) electrons. The van der Waals surface area contributed by atoms with Crippen molar-refractivity contribution in [3.63, 3.8) is 0 Å². The van der Waals surface area contributed by atoms with E-state index >= 15 is 0 Å². The molecule has 1 heterocycles. The Kier molecular flexibility index (Phi) is 3.40. The first-order valence-corrected chi connectivity index (χ1v) is 6.82. The van der Waals surface area contributed by atoms with Gasteiger partial charge in [0.1, 0.15) is 17.7 Å². The number of aliphatic hydroxyl groups excluding tert-OH is 1. The largest absolute Gasteiger partial charge is 0.485 e. The summed E-state index contributed by atoms with van der Waals surface area (Å²) in [6, 6.07) is 9.99. The molecule has 2 atom stereocenters. The third-order valence-electron chi connectivity index (χ3n) is 3.54. The van der Waals surface area contributed by atoms with Crippen LogP contribution in [-0.4, -0.2) is 5.11 Å². The smallest absolute Gasteiger partial charge is 0.130 e. The lowest BCUT2D eigenvalue weighted by atomic mass is 9.94. The Balaban J connectivity index is 1.99. The molecule has 4 heteroatoms. The van der Waals surface area contributed by atoms with Crippen molar-refractivity contribution in [2.45, 2.75) is 25.6 Å². The van der Waals surface area contributed by atoms with Crippen molar-refractivity contribution in [3.8, 4) is 5.75 Å². The first-order chi connectivity index (χ1) is 9.54. The summed E-state index contributed by atoms with van der Waals surface area (Å²) in [5.41, 5.74) is 2.09. The van der Waals surface area contributed by atoms with E-state index in [-0.39, 0.29) is 5.82 Å². The Morgan fingerprint density at radius 2 is 2.00 bits per heavy atom. The van der Waals surface area contributed by atoms with Gasteiger partial charge in [0.05, 0.1) is 6.10 Å². The van der Waals surface area contributed by atoms with Gasteiger partial charge in [-0.2, -0.15) is 0 Å². The second-order valence-corrected chi connectivity index (χ2v) is 5.50. The molecule has 3 rings (SSSR count). The van der Waals surface area contributed by atoms with E-state index in [1.165, 1.54) is 6.07 Å². The van der Waals surface area contributed by atoms with E-state index in [1.807, 2.05) is 6.92 Å². The van der Waals surface area contributed by atoms with E-state index in [4.69, 9.17) is 16.3 Å². The van der Waals surface area contributed by atoms with E-state index in [2.05, 4.69) is 0 Å². The van der Waals surface area contributed by atoms with Gasteiger partial charge >= 0.3 is 0 Å². The number of aliphatic hydroxyl groups is 1. The Morgan fingerprint density at radius 1 is 1.20 bits per heavy atom. The van der Waals surface area contributed by atoms with Gasteiger partial charge in [-0.05, 0) is 37.3 Å². The molecule has 0 saturated carbocycles. The first-order valence-electron chi connectivity index (χ1n) is 6.45. The van der Waals surface area contributed by atoms with E-state index in [9.17, 15) is 9.50 Å². The summed E-state index contributed by atoms with van der Waals surface area (Å²) >= 11 is 5.91. The molecule has 0 amide bonds. The van der Waals surface area contributed by atoms with Gasteiger partial charge in [-0.25, -0.2) is 4.39 Å². The number of rotatable bonds is 1. The second-order valence-electron chi connectivity index (χ2n) is 5.07. The van der Waals surface area contributed by atoms with E-state index in [0.717, 1.165) is 5.56 Å². The first kappa shape index (κ1) is 13.4. The van der Waals surface area contributed by atoms with Crippen LogP contribution >= 0.6 is 11.6 Å². The molecule has 0 aliphatic carbocycles. The van der Waals surface area contributed by atoms with Crippen molar-refractivity contribution in [2.75, 3.05) is 0 Å². The van der Waals surface area contributed by atoms with Crippen LogP contribution in [0.15, 0.2) is 36.4 Å². The zero-order chi connectivity index (χ0) is 14.3. The monoisotopic (exact) mass is 292 g/mol. The molecule has 2 aromatic carbocycles. The molecule has 0 spiro atoms. The zero-order valence-electron chi connectivity index (χ0n) is 10.9. The fraction of sp³-hybridized carbons (Fsp3) is 0.250. The second kappa shape index (κ2) is 5.08. The normalized spacial score (nSPS) is 21.2. The molecule has 104 valence electrons. The van der Waals surface area contributed by atoms with Crippen molar-refractivity contribution < 1.29 is 14.2 Å². The van der Waals surface area contributed by atoms with Crippen LogP contribution in [0.25, 0.3) is 0 Å². The fourth-order valence-electron chi connectivity index (χ4n) is 2.52. The van der Waals surface area contributed by atoms with Gasteiger partial charge < -0.3 is 9.84 Å². The highest BCUT2D eigenvalue weighted by Gasteiger charge is 2.29. The minimum absolute atomic E-state index is 0.313. The van der Waals surface area contributed by atoms with Crippen LogP contribution in [-0.2, 0) is 0 Å². The highest BCUT2D eigenvalue weighted by Crippen LogP contribution is 2.42. The van der Waals surface area contributed by atoms with Crippen LogP contribution in [0, 0.1) is 12.7 Å². The lowest BCUT2D eigenvalue weighted by Crippen LogP contribution is -2.20. The van der Waals surface area contributed by atoms with Crippen LogP contribution in [0.1, 0.15) is 35.3 Å². The van der Waals surface area contributed by atoms with Gasteiger partial charge in [0.2, 0.25) is 0 Å². The lowest BCUT2D eigenvalue weighted by molar-refractivity contribution is 0.0640. The van der Waals surface area contributed by atoms with Gasteiger partial charge in [-0.1, -0.05) is 23.2 Å². The molecule has 2 aromatic rings. The standard InChI is InChI=1S/C16H14ClFO2/c1-9-2-4-13(18)11(6-9)16-8-14(19)12-7-10(17)3-5-15(12)20-16/h2-7,14,16,19H,8H2,1H3. The maximum atomic E-state index is 13.9. The molecular weight excluding hydrogens is 279 g/mol. The highest BCUT2D eigenvalue weighted by atomic mass is 35.5. The van der Waals surface area contributed by atoms with E-state index < -0.39 is 12.2 Å². The highest BCUT2D eigenvalue weighted by molar-refractivity contribution is 6.30. The van der Waals surface area contributed by atoms with Gasteiger partial charge in [-0.15, -0.1) is 0 Å². The van der Waals surface area contributed by atoms with Crippen LogP contribution in [0.4, 0.5) is 4.39 Å². The predicted octanol–water partition coefficient (Wildman–Crippen LogP) is 4.34. The number of hydrogen-bond acceptors (Lipinski definition) is 2. The van der Waals surface area contributed by atoms with Crippen LogP contribution in [0.2, 0.25) is 5.02 Å². The van der Waals surface area contributed by atoms with Crippen molar-refractivity contribution in [1.82, 2.24) is 0 Å². The Bertz CT molecular complexity index is 657. The van der Waals surface area contributed by atoms with Gasteiger partial charge in [0.15, 0.2) is 0 Å². The summed E-state index contributed by atoms with van der Waals surface area (Å²) in [5.74, 6) is 0.240. The third kappa shape index (κ3) is 2.39. The lowest BCUT2D eigenvalue weighted by Gasteiger charge is -2.30. The number of fused-ring (bicyclic) bond motifs is 1. The van der Waals surface area contributed by atoms with Crippen molar-refractivity contribution >= 4 is 11.6 Å². The number of ether oxygens (including phenoxy) is 1. The van der Waals surface area contributed by atoms with Gasteiger partial charge in [0, 0.05) is 22.6 Å². The maximum Gasteiger partial charge on any atom is 0.130 e. The molecule has 2 unspecified atom stereocenters. The van der Waals surface area contributed by atoms with Crippen LogP contribution in [0.5, 0.6) is 5.75 Å².